The van der Waals surface area contributed by atoms with E-state index in [0.717, 1.165) is 25.1 Å². The fraction of sp³-hybridized carbons (Fsp3) is 0.636. The second-order valence-corrected chi connectivity index (χ2v) is 3.90. The van der Waals surface area contributed by atoms with Crippen LogP contribution in [-0.4, -0.2) is 13.1 Å². The number of rotatable bonds is 1. The number of allylic oxidation sites excluding steroid dienone is 1. The fourth-order valence-electron chi connectivity index (χ4n) is 1.75. The van der Waals surface area contributed by atoms with E-state index in [9.17, 15) is 0 Å². The number of nitrogens with one attached hydrogen (secondary N) is 1. The summed E-state index contributed by atoms with van der Waals surface area (Å²) in [5, 5.41) is 3.36. The first-order chi connectivity index (χ1) is 5.61. The Hall–Kier alpha value is -0.740. The summed E-state index contributed by atoms with van der Waals surface area (Å²) in [4.78, 5) is 0. The highest BCUT2D eigenvalue weighted by molar-refractivity contribution is 5.30. The molecule has 0 aromatic carbocycles. The first-order valence-corrected chi connectivity index (χ1v) is 4.48. The Morgan fingerprint density at radius 1 is 1.75 bits per heavy atom. The monoisotopic (exact) mass is 163 g/mol. The summed E-state index contributed by atoms with van der Waals surface area (Å²) in [5.74, 6) is 3.28. The first kappa shape index (κ1) is 9.35. The number of piperidine rings is 1. The van der Waals surface area contributed by atoms with E-state index in [-0.39, 0.29) is 5.41 Å². The smallest absolute Gasteiger partial charge is 0.00480 e. The Balaban J connectivity index is 2.80. The van der Waals surface area contributed by atoms with Gasteiger partial charge in [-0.05, 0) is 25.4 Å². The summed E-state index contributed by atoms with van der Waals surface area (Å²) in [5.41, 5.74) is 1.11. The van der Waals surface area contributed by atoms with Crippen LogP contribution >= 0.6 is 0 Å². The number of hydrogen-bond donors (Lipinski definition) is 1. The predicted molar refractivity (Wildman–Crippen MR) is 52.7 cm³/mol. The zero-order chi connectivity index (χ0) is 9.19. The molecule has 1 heteroatoms. The van der Waals surface area contributed by atoms with Crippen molar-refractivity contribution in [3.8, 4) is 12.3 Å². The van der Waals surface area contributed by atoms with Gasteiger partial charge in [0.2, 0.25) is 0 Å². The van der Waals surface area contributed by atoms with Gasteiger partial charge in [0.15, 0.2) is 0 Å². The first-order valence-electron chi connectivity index (χ1n) is 4.48. The van der Waals surface area contributed by atoms with E-state index in [1.165, 1.54) is 0 Å². The molecule has 0 saturated carbocycles. The molecular weight excluding hydrogens is 146 g/mol. The highest BCUT2D eigenvalue weighted by Gasteiger charge is 2.35. The molecule has 2 atom stereocenters. The zero-order valence-corrected chi connectivity index (χ0v) is 7.98. The summed E-state index contributed by atoms with van der Waals surface area (Å²) in [6.07, 6.45) is 6.49. The lowest BCUT2D eigenvalue weighted by Gasteiger charge is -2.40. The maximum Gasteiger partial charge on any atom is 0.00480 e. The van der Waals surface area contributed by atoms with Crippen molar-refractivity contribution in [1.29, 1.82) is 0 Å². The van der Waals surface area contributed by atoms with Crippen LogP contribution in [0.15, 0.2) is 12.2 Å². The molecule has 1 fully saturated rings. The Kier molecular flexibility index (Phi) is 2.59. The molecule has 2 unspecified atom stereocenters. The summed E-state index contributed by atoms with van der Waals surface area (Å²) in [6.45, 7) is 10.5. The lowest BCUT2D eigenvalue weighted by Crippen LogP contribution is -2.42. The molecule has 1 N–H and O–H groups in total. The summed E-state index contributed by atoms with van der Waals surface area (Å²) < 4.78 is 0. The van der Waals surface area contributed by atoms with E-state index in [1.54, 1.807) is 0 Å². The van der Waals surface area contributed by atoms with Crippen molar-refractivity contribution in [1.82, 2.24) is 5.32 Å². The standard InChI is InChI=1S/C11H17N/c1-5-9(2)11(4)6-7-12-8-10(11)3/h1,10,12H,2,6-8H2,3-4H3. The van der Waals surface area contributed by atoms with Crippen LogP contribution in [0.5, 0.6) is 0 Å². The maximum atomic E-state index is 5.38. The van der Waals surface area contributed by atoms with E-state index in [4.69, 9.17) is 6.42 Å². The van der Waals surface area contributed by atoms with Crippen molar-refractivity contribution in [2.75, 3.05) is 13.1 Å². The van der Waals surface area contributed by atoms with Crippen LogP contribution in [0.3, 0.4) is 0 Å². The molecule has 0 aromatic rings. The van der Waals surface area contributed by atoms with Crippen molar-refractivity contribution in [2.24, 2.45) is 11.3 Å². The Bertz CT molecular complexity index is 224. The minimum Gasteiger partial charge on any atom is -0.316 e. The van der Waals surface area contributed by atoms with Crippen LogP contribution in [0.4, 0.5) is 0 Å². The van der Waals surface area contributed by atoms with Crippen LogP contribution in [-0.2, 0) is 0 Å². The second-order valence-electron chi connectivity index (χ2n) is 3.90. The number of hydrogen-bond acceptors (Lipinski definition) is 1. The highest BCUT2D eigenvalue weighted by atomic mass is 14.9. The van der Waals surface area contributed by atoms with Gasteiger partial charge in [0, 0.05) is 11.0 Å². The van der Waals surface area contributed by atoms with Gasteiger partial charge in [-0.15, -0.1) is 6.42 Å². The van der Waals surface area contributed by atoms with Crippen molar-refractivity contribution in [3.63, 3.8) is 0 Å². The molecule has 0 bridgehead atoms. The Morgan fingerprint density at radius 3 is 2.92 bits per heavy atom. The Labute approximate surface area is 75.2 Å². The van der Waals surface area contributed by atoms with Gasteiger partial charge in [0.1, 0.15) is 0 Å². The van der Waals surface area contributed by atoms with Gasteiger partial charge in [-0.1, -0.05) is 26.3 Å². The van der Waals surface area contributed by atoms with Gasteiger partial charge in [-0.2, -0.15) is 0 Å². The topological polar surface area (TPSA) is 12.0 Å². The molecule has 1 rings (SSSR count). The van der Waals surface area contributed by atoms with Crippen LogP contribution in [0.1, 0.15) is 20.3 Å². The third kappa shape index (κ3) is 1.40. The van der Waals surface area contributed by atoms with E-state index in [1.807, 2.05) is 0 Å². The molecule has 0 radical (unpaired) electrons. The predicted octanol–water partition coefficient (Wildman–Crippen LogP) is 1.81. The summed E-state index contributed by atoms with van der Waals surface area (Å²) in [7, 11) is 0. The minimum absolute atomic E-state index is 0.153. The Morgan fingerprint density at radius 2 is 2.42 bits per heavy atom. The molecule has 0 aromatic heterocycles. The van der Waals surface area contributed by atoms with Gasteiger partial charge in [0.05, 0.1) is 0 Å². The van der Waals surface area contributed by atoms with Crippen molar-refractivity contribution >= 4 is 0 Å². The number of terminal acetylenes is 1. The third-order valence-electron chi connectivity index (χ3n) is 3.22. The van der Waals surface area contributed by atoms with Gasteiger partial charge in [-0.3, -0.25) is 0 Å². The normalized spacial score (nSPS) is 35.6. The molecule has 1 nitrogen and oxygen atoms in total. The molecular formula is C11H17N. The molecule has 1 saturated heterocycles. The van der Waals surface area contributed by atoms with Crippen LogP contribution < -0.4 is 5.32 Å². The molecule has 1 aliphatic heterocycles. The largest absolute Gasteiger partial charge is 0.316 e. The molecule has 1 aliphatic rings. The average molecular weight is 163 g/mol. The van der Waals surface area contributed by atoms with Gasteiger partial charge in [0.25, 0.3) is 0 Å². The van der Waals surface area contributed by atoms with E-state index in [2.05, 4.69) is 31.7 Å². The third-order valence-corrected chi connectivity index (χ3v) is 3.22. The second kappa shape index (κ2) is 3.33. The minimum atomic E-state index is 0.153. The van der Waals surface area contributed by atoms with Gasteiger partial charge >= 0.3 is 0 Å². The molecule has 0 aliphatic carbocycles. The van der Waals surface area contributed by atoms with Gasteiger partial charge in [-0.25, -0.2) is 0 Å². The zero-order valence-electron chi connectivity index (χ0n) is 7.98. The van der Waals surface area contributed by atoms with E-state index in [0.29, 0.717) is 5.92 Å². The fourth-order valence-corrected chi connectivity index (χ4v) is 1.75. The lowest BCUT2D eigenvalue weighted by atomic mass is 9.69. The van der Waals surface area contributed by atoms with Crippen LogP contribution in [0, 0.1) is 23.7 Å². The van der Waals surface area contributed by atoms with Gasteiger partial charge < -0.3 is 5.32 Å². The highest BCUT2D eigenvalue weighted by Crippen LogP contribution is 2.38. The van der Waals surface area contributed by atoms with E-state index < -0.39 is 0 Å². The SMILES string of the molecule is C#CC(=C)C1(C)CCNCC1C. The lowest BCUT2D eigenvalue weighted by molar-refractivity contribution is 0.197. The van der Waals surface area contributed by atoms with Crippen molar-refractivity contribution in [2.45, 2.75) is 20.3 Å². The van der Waals surface area contributed by atoms with E-state index >= 15 is 0 Å². The van der Waals surface area contributed by atoms with Crippen LogP contribution in [0.2, 0.25) is 0 Å². The van der Waals surface area contributed by atoms with Crippen LogP contribution in [0.25, 0.3) is 0 Å². The van der Waals surface area contributed by atoms with Crippen molar-refractivity contribution < 1.29 is 0 Å². The molecule has 1 heterocycles. The maximum absolute atomic E-state index is 5.38. The molecule has 12 heavy (non-hydrogen) atoms. The molecule has 0 amide bonds. The molecule has 0 spiro atoms. The van der Waals surface area contributed by atoms with Crippen molar-refractivity contribution in [3.05, 3.63) is 12.2 Å². The summed E-state index contributed by atoms with van der Waals surface area (Å²) >= 11 is 0. The molecule has 66 valence electrons. The average Bonchev–Trinajstić information content (AvgIpc) is 2.09. The quantitative estimate of drug-likeness (QED) is 0.581. The summed E-state index contributed by atoms with van der Waals surface area (Å²) in [6, 6.07) is 0.